The number of sulfonamides is 1. The van der Waals surface area contributed by atoms with Gasteiger partial charge in [-0.3, -0.25) is 14.3 Å². The van der Waals surface area contributed by atoms with Gasteiger partial charge in [0.1, 0.15) is 4.90 Å². The smallest absolute Gasteiger partial charge is 0.475 e. The van der Waals surface area contributed by atoms with Gasteiger partial charge >= 0.3 is 12.1 Å². The maximum absolute atomic E-state index is 13.6. The number of nitrogens with zero attached hydrogens (tertiary/aromatic N) is 2. The molecular weight excluding hydrogens is 591 g/mol. The summed E-state index contributed by atoms with van der Waals surface area (Å²) < 4.78 is 61.6. The van der Waals surface area contributed by atoms with Gasteiger partial charge in [0.2, 0.25) is 5.91 Å². The Morgan fingerprint density at radius 3 is 2.14 bits per heavy atom. The average molecular weight is 626 g/mol. The van der Waals surface area contributed by atoms with Crippen LogP contribution < -0.4 is 20.3 Å². The van der Waals surface area contributed by atoms with Crippen LogP contribution in [-0.2, 0) is 19.6 Å². The maximum atomic E-state index is 13.6. The summed E-state index contributed by atoms with van der Waals surface area (Å²) in [4.78, 5) is 37.4. The third kappa shape index (κ3) is 10.1. The topological polar surface area (TPSA) is 148 Å². The summed E-state index contributed by atoms with van der Waals surface area (Å²) in [5.41, 5.74) is 2.20. The number of aliphatic carboxylic acids is 1. The lowest BCUT2D eigenvalue weighted by Crippen LogP contribution is -2.43. The van der Waals surface area contributed by atoms with Gasteiger partial charge in [-0.25, -0.2) is 13.2 Å². The first-order valence-corrected chi connectivity index (χ1v) is 14.4. The van der Waals surface area contributed by atoms with E-state index in [1.165, 1.54) is 13.0 Å². The summed E-state index contributed by atoms with van der Waals surface area (Å²) in [5, 5.41) is 13.0. The van der Waals surface area contributed by atoms with Gasteiger partial charge < -0.3 is 25.5 Å². The molecule has 0 aliphatic carbocycles. The molecule has 0 unspecified atom stereocenters. The monoisotopic (exact) mass is 625 g/mol. The highest BCUT2D eigenvalue weighted by atomic mass is 32.2. The zero-order valence-corrected chi connectivity index (χ0v) is 24.5. The predicted molar refractivity (Wildman–Crippen MR) is 158 cm³/mol. The molecule has 1 heterocycles. The van der Waals surface area contributed by atoms with Crippen molar-refractivity contribution < 1.29 is 41.1 Å². The Balaban J connectivity index is 0.000000821. The number of carboxylic acids is 1. The van der Waals surface area contributed by atoms with Gasteiger partial charge in [-0.1, -0.05) is 18.2 Å². The van der Waals surface area contributed by atoms with Gasteiger partial charge in [0.25, 0.3) is 15.9 Å². The maximum Gasteiger partial charge on any atom is 0.490 e. The second-order valence-corrected chi connectivity index (χ2v) is 11.0. The minimum atomic E-state index is -5.08. The lowest BCUT2D eigenvalue weighted by Gasteiger charge is -2.31. The molecule has 1 aliphatic heterocycles. The predicted octanol–water partition coefficient (Wildman–Crippen LogP) is 3.61. The van der Waals surface area contributed by atoms with Crippen LogP contribution in [0.4, 0.5) is 30.2 Å². The van der Waals surface area contributed by atoms with Crippen LogP contribution in [0.1, 0.15) is 22.8 Å². The molecule has 0 bridgehead atoms. The van der Waals surface area contributed by atoms with Crippen LogP contribution in [0.25, 0.3) is 0 Å². The van der Waals surface area contributed by atoms with E-state index in [0.717, 1.165) is 18.7 Å². The van der Waals surface area contributed by atoms with Crippen LogP contribution in [0, 0.1) is 6.92 Å². The van der Waals surface area contributed by atoms with Gasteiger partial charge in [-0.05, 0) is 42.8 Å². The largest absolute Gasteiger partial charge is 0.490 e. The molecule has 1 saturated heterocycles. The fraction of sp³-hybridized carbons (Fsp3) is 0.321. The molecule has 2 aromatic rings. The molecule has 0 spiro atoms. The fourth-order valence-corrected chi connectivity index (χ4v) is 5.32. The number of hydrogen-bond donors (Lipinski definition) is 4. The molecule has 43 heavy (non-hydrogen) atoms. The van der Waals surface area contributed by atoms with Crippen LogP contribution in [0.15, 0.2) is 66.6 Å². The van der Waals surface area contributed by atoms with E-state index in [-0.39, 0.29) is 28.1 Å². The van der Waals surface area contributed by atoms with E-state index in [1.54, 1.807) is 54.3 Å². The van der Waals surface area contributed by atoms with Crippen molar-refractivity contribution in [2.75, 3.05) is 54.2 Å². The van der Waals surface area contributed by atoms with Gasteiger partial charge in [0.05, 0.1) is 17.1 Å². The Kier molecular flexibility index (Phi) is 12.3. The first-order chi connectivity index (χ1) is 20.1. The number of carbonyl (C=O) groups excluding carboxylic acids is 2. The molecule has 0 saturated carbocycles. The summed E-state index contributed by atoms with van der Waals surface area (Å²) in [7, 11) is -4.12. The van der Waals surface area contributed by atoms with Crippen molar-refractivity contribution >= 4 is 44.9 Å². The molecule has 11 nitrogen and oxygen atoms in total. The lowest BCUT2D eigenvalue weighted by atomic mass is 10.1. The SMILES string of the molecule is C=CCN(CC=C)C(=O)c1ccc(N2CCNCC2)c(NS(=O)(=O)c2cc(C)ccc2NC(C)=O)c1.O=C(O)C(F)(F)F. The summed E-state index contributed by atoms with van der Waals surface area (Å²) in [6.07, 6.45) is -1.83. The van der Waals surface area contributed by atoms with E-state index in [1.807, 2.05) is 0 Å². The van der Waals surface area contributed by atoms with Crippen LogP contribution in [0.5, 0.6) is 0 Å². The number of hydrogen-bond acceptors (Lipinski definition) is 7. The van der Waals surface area contributed by atoms with Crippen molar-refractivity contribution in [1.29, 1.82) is 0 Å². The molecule has 0 aromatic heterocycles. The minimum absolute atomic E-state index is 0.0550. The van der Waals surface area contributed by atoms with Crippen LogP contribution in [-0.4, -0.2) is 81.7 Å². The number of alkyl halides is 3. The second kappa shape index (κ2) is 15.2. The van der Waals surface area contributed by atoms with Crippen molar-refractivity contribution in [3.8, 4) is 0 Å². The summed E-state index contributed by atoms with van der Waals surface area (Å²) in [6.45, 7) is 14.0. The zero-order valence-electron chi connectivity index (χ0n) is 23.7. The number of rotatable bonds is 10. The lowest BCUT2D eigenvalue weighted by molar-refractivity contribution is -0.192. The number of carbonyl (C=O) groups is 3. The Bertz CT molecular complexity index is 1450. The number of benzene rings is 2. The molecule has 1 fully saturated rings. The van der Waals surface area contributed by atoms with Crippen molar-refractivity contribution in [3.63, 3.8) is 0 Å². The number of nitrogens with one attached hydrogen (secondary N) is 3. The van der Waals surface area contributed by atoms with E-state index in [0.29, 0.717) is 37.4 Å². The Morgan fingerprint density at radius 1 is 1.05 bits per heavy atom. The number of piperazine rings is 1. The Hall–Kier alpha value is -4.37. The third-order valence-corrected chi connectivity index (χ3v) is 7.32. The third-order valence-electron chi connectivity index (χ3n) is 5.91. The summed E-state index contributed by atoms with van der Waals surface area (Å²) >= 11 is 0. The van der Waals surface area contributed by atoms with Crippen LogP contribution >= 0.6 is 0 Å². The summed E-state index contributed by atoms with van der Waals surface area (Å²) in [6, 6.07) is 9.81. The zero-order chi connectivity index (χ0) is 32.4. The van der Waals surface area contributed by atoms with E-state index >= 15 is 0 Å². The fourth-order valence-electron chi connectivity index (χ4n) is 4.01. The number of carboxylic acid groups (broad SMARTS) is 1. The first-order valence-electron chi connectivity index (χ1n) is 12.9. The quantitative estimate of drug-likeness (QED) is 0.293. The Morgan fingerprint density at radius 2 is 1.63 bits per heavy atom. The molecule has 2 amide bonds. The molecule has 0 radical (unpaired) electrons. The molecule has 0 atom stereocenters. The molecule has 4 N–H and O–H groups in total. The van der Waals surface area contributed by atoms with Gasteiger partial charge in [-0.2, -0.15) is 13.2 Å². The number of aryl methyl sites for hydroxylation is 1. The Labute approximate surface area is 248 Å². The molecule has 3 rings (SSSR count). The highest BCUT2D eigenvalue weighted by Gasteiger charge is 2.38. The highest BCUT2D eigenvalue weighted by Crippen LogP contribution is 2.32. The molecule has 1 aliphatic rings. The second-order valence-electron chi connectivity index (χ2n) is 9.35. The molecular formula is C28H34F3N5O6S. The molecule has 234 valence electrons. The minimum Gasteiger partial charge on any atom is -0.475 e. The number of halogens is 3. The average Bonchev–Trinajstić information content (AvgIpc) is 2.93. The van der Waals surface area contributed by atoms with Crippen LogP contribution in [0.3, 0.4) is 0 Å². The van der Waals surface area contributed by atoms with Crippen molar-refractivity contribution in [2.24, 2.45) is 0 Å². The standard InChI is InChI=1S/C26H33N5O4S.C2HF3O2/c1-5-13-31(14-6-2)26(33)21-8-10-24(30-15-11-27-12-16-30)23(18-21)29-36(34,35)25-17-19(3)7-9-22(25)28-20(4)32;3-2(4,5)1(6)7/h5-10,17-18,27,29H,1-2,11-16H2,3-4H3,(H,28,32);(H,6,7). The van der Waals surface area contributed by atoms with Crippen LogP contribution in [0.2, 0.25) is 0 Å². The summed E-state index contributed by atoms with van der Waals surface area (Å²) in [5.74, 6) is -3.40. The van der Waals surface area contributed by atoms with Gasteiger partial charge in [-0.15, -0.1) is 13.2 Å². The van der Waals surface area contributed by atoms with E-state index < -0.39 is 22.2 Å². The van der Waals surface area contributed by atoms with Crippen molar-refractivity contribution in [3.05, 3.63) is 72.8 Å². The molecule has 2 aromatic carbocycles. The number of anilines is 3. The van der Waals surface area contributed by atoms with Crippen molar-refractivity contribution in [2.45, 2.75) is 24.9 Å². The first kappa shape index (κ1) is 34.8. The van der Waals surface area contributed by atoms with Gasteiger partial charge in [0, 0.05) is 51.8 Å². The van der Waals surface area contributed by atoms with E-state index in [2.05, 4.69) is 33.4 Å². The normalized spacial score (nSPS) is 13.2. The van der Waals surface area contributed by atoms with Crippen molar-refractivity contribution in [1.82, 2.24) is 10.2 Å². The van der Waals surface area contributed by atoms with E-state index in [4.69, 9.17) is 9.90 Å². The highest BCUT2D eigenvalue weighted by molar-refractivity contribution is 7.93. The van der Waals surface area contributed by atoms with Gasteiger partial charge in [0.15, 0.2) is 0 Å². The number of amides is 2. The van der Waals surface area contributed by atoms with E-state index in [9.17, 15) is 31.2 Å². The molecule has 15 heteroatoms.